The maximum Gasteiger partial charge on any atom is 0.101 e. The van der Waals surface area contributed by atoms with Crippen LogP contribution in [-0.2, 0) is 5.11 Å². The Balaban J connectivity index is 3.75. The lowest BCUT2D eigenvalue weighted by atomic mass is 9.82. The first-order valence-corrected chi connectivity index (χ1v) is 7.22. The predicted molar refractivity (Wildman–Crippen MR) is 71.2 cm³/mol. The van der Waals surface area contributed by atoms with Crippen molar-refractivity contribution in [1.29, 1.82) is 0 Å². The fourth-order valence-electron chi connectivity index (χ4n) is 2.28. The van der Waals surface area contributed by atoms with Gasteiger partial charge in [-0.3, -0.25) is 0 Å². The molecule has 0 aliphatic carbocycles. The van der Waals surface area contributed by atoms with Crippen LogP contribution in [0.5, 0.6) is 0 Å². The Bertz CT molecular complexity index is 146. The fourth-order valence-corrected chi connectivity index (χ4v) is 2.28. The molecule has 0 N–H and O–H groups in total. The number of unbranched alkanes of at least 4 members (excludes halogenated alkanes) is 5. The molecule has 0 rings (SSSR count). The van der Waals surface area contributed by atoms with E-state index in [1.54, 1.807) is 0 Å². The number of hydrogen-bond donors (Lipinski definition) is 0. The molecule has 0 bridgehead atoms. The second-order valence-corrected chi connectivity index (χ2v) is 5.65. The summed E-state index contributed by atoms with van der Waals surface area (Å²) in [5.74, 6) is 0.383. The smallest absolute Gasteiger partial charge is 0.101 e. The summed E-state index contributed by atoms with van der Waals surface area (Å²) in [6.07, 6.45) is 11.2. The summed E-state index contributed by atoms with van der Waals surface area (Å²) in [6.45, 7) is 8.17. The van der Waals surface area contributed by atoms with Gasteiger partial charge in [0.15, 0.2) is 0 Å². The van der Waals surface area contributed by atoms with Crippen LogP contribution in [0.25, 0.3) is 0 Å². The molecule has 0 aromatic rings. The average Bonchev–Trinajstić information content (AvgIpc) is 2.20. The third kappa shape index (κ3) is 8.15. The Kier molecular flexibility index (Phi) is 9.02. The van der Waals surface area contributed by atoms with Gasteiger partial charge in [-0.2, -0.15) is 0 Å². The minimum absolute atomic E-state index is 0.383. The monoisotopic (exact) mass is 227 g/mol. The molecule has 1 unspecified atom stereocenters. The molecule has 0 aromatic heterocycles. The minimum Gasteiger partial charge on any atom is -0.230 e. The molecular weight excluding hydrogens is 196 g/mol. The average molecular weight is 227 g/mol. The molecule has 0 heterocycles. The first kappa shape index (κ1) is 16.0. The van der Waals surface area contributed by atoms with Gasteiger partial charge in [0, 0.05) is 0 Å². The summed E-state index contributed by atoms with van der Waals surface area (Å²) < 4.78 is 0. The molecule has 97 valence electrons. The molecule has 0 saturated carbocycles. The van der Waals surface area contributed by atoms with E-state index in [2.05, 4.69) is 13.8 Å². The second-order valence-electron chi connectivity index (χ2n) is 5.65. The van der Waals surface area contributed by atoms with Crippen molar-refractivity contribution in [2.24, 2.45) is 5.92 Å². The van der Waals surface area contributed by atoms with Gasteiger partial charge >= 0.3 is 0 Å². The van der Waals surface area contributed by atoms with E-state index >= 15 is 0 Å². The Morgan fingerprint density at radius 1 is 0.812 bits per heavy atom. The van der Waals surface area contributed by atoms with Crippen LogP contribution in [0.3, 0.4) is 0 Å². The number of hydrogen-bond acceptors (Lipinski definition) is 0. The van der Waals surface area contributed by atoms with Crippen molar-refractivity contribution < 1.29 is 5.11 Å². The van der Waals surface area contributed by atoms with Gasteiger partial charge in [0.25, 0.3) is 0 Å². The van der Waals surface area contributed by atoms with E-state index in [9.17, 15) is 5.11 Å². The van der Waals surface area contributed by atoms with E-state index in [1.165, 1.54) is 44.9 Å². The lowest BCUT2D eigenvalue weighted by Crippen LogP contribution is -2.29. The van der Waals surface area contributed by atoms with Crippen LogP contribution in [0, 0.1) is 5.92 Å². The maximum absolute atomic E-state index is 12.0. The molecule has 0 aliphatic heterocycles. The van der Waals surface area contributed by atoms with E-state index in [-0.39, 0.29) is 0 Å². The highest BCUT2D eigenvalue weighted by atomic mass is 16.3. The quantitative estimate of drug-likeness (QED) is 0.448. The largest absolute Gasteiger partial charge is 0.230 e. The second kappa shape index (κ2) is 9.04. The van der Waals surface area contributed by atoms with Gasteiger partial charge < -0.3 is 0 Å². The molecule has 16 heavy (non-hydrogen) atoms. The highest BCUT2D eigenvalue weighted by Crippen LogP contribution is 2.28. The third-order valence-electron chi connectivity index (χ3n) is 3.55. The SMILES string of the molecule is CCCCCCCC(CCCC)C(C)(C)[O]. The predicted octanol–water partition coefficient (Wildman–Crippen LogP) is 5.36. The van der Waals surface area contributed by atoms with Gasteiger partial charge in [-0.05, 0) is 32.6 Å². The maximum atomic E-state index is 12.0. The van der Waals surface area contributed by atoms with Crippen molar-refractivity contribution in [3.8, 4) is 0 Å². The zero-order chi connectivity index (χ0) is 12.4. The van der Waals surface area contributed by atoms with Crippen LogP contribution in [0.2, 0.25) is 0 Å². The van der Waals surface area contributed by atoms with Crippen molar-refractivity contribution in [2.45, 2.75) is 91.1 Å². The van der Waals surface area contributed by atoms with Crippen LogP contribution in [-0.4, -0.2) is 5.60 Å². The lowest BCUT2D eigenvalue weighted by Gasteiger charge is -2.27. The summed E-state index contributed by atoms with van der Waals surface area (Å²) in [4.78, 5) is 0. The van der Waals surface area contributed by atoms with Crippen molar-refractivity contribution in [2.75, 3.05) is 0 Å². The zero-order valence-electron chi connectivity index (χ0n) is 11.8. The van der Waals surface area contributed by atoms with Gasteiger partial charge in [-0.25, -0.2) is 5.11 Å². The molecule has 0 amide bonds. The highest BCUT2D eigenvalue weighted by molar-refractivity contribution is 4.76. The topological polar surface area (TPSA) is 19.9 Å². The van der Waals surface area contributed by atoms with Crippen LogP contribution in [0.4, 0.5) is 0 Å². The van der Waals surface area contributed by atoms with Crippen molar-refractivity contribution >= 4 is 0 Å². The summed E-state index contributed by atoms with van der Waals surface area (Å²) in [5, 5.41) is 12.0. The van der Waals surface area contributed by atoms with Gasteiger partial charge in [0.1, 0.15) is 5.60 Å². The van der Waals surface area contributed by atoms with Crippen molar-refractivity contribution in [3.05, 3.63) is 0 Å². The lowest BCUT2D eigenvalue weighted by molar-refractivity contribution is -0.0537. The molecule has 0 aromatic carbocycles. The third-order valence-corrected chi connectivity index (χ3v) is 3.55. The van der Waals surface area contributed by atoms with Gasteiger partial charge in [0.05, 0.1) is 0 Å². The summed E-state index contributed by atoms with van der Waals surface area (Å²) >= 11 is 0. The van der Waals surface area contributed by atoms with E-state index in [0.29, 0.717) is 5.92 Å². The molecule has 1 heteroatoms. The molecule has 1 nitrogen and oxygen atoms in total. The first-order valence-electron chi connectivity index (χ1n) is 7.22. The molecule has 0 fully saturated rings. The van der Waals surface area contributed by atoms with Gasteiger partial charge in [0.2, 0.25) is 0 Å². The normalized spacial score (nSPS) is 14.1. The molecule has 0 spiro atoms. The Hall–Kier alpha value is -0.0400. The zero-order valence-corrected chi connectivity index (χ0v) is 11.8. The summed E-state index contributed by atoms with van der Waals surface area (Å²) in [5.41, 5.74) is -0.736. The van der Waals surface area contributed by atoms with Crippen molar-refractivity contribution in [1.82, 2.24) is 0 Å². The van der Waals surface area contributed by atoms with E-state index in [1.807, 2.05) is 13.8 Å². The van der Waals surface area contributed by atoms with Gasteiger partial charge in [-0.15, -0.1) is 0 Å². The highest BCUT2D eigenvalue weighted by Gasteiger charge is 2.27. The summed E-state index contributed by atoms with van der Waals surface area (Å²) in [7, 11) is 0. The molecule has 0 aliphatic rings. The minimum atomic E-state index is -0.736. The first-order chi connectivity index (χ1) is 7.52. The van der Waals surface area contributed by atoms with Crippen LogP contribution >= 0.6 is 0 Å². The van der Waals surface area contributed by atoms with Crippen LogP contribution < -0.4 is 0 Å². The fraction of sp³-hybridized carbons (Fsp3) is 1.00. The van der Waals surface area contributed by atoms with E-state index in [4.69, 9.17) is 0 Å². The van der Waals surface area contributed by atoms with Crippen LogP contribution in [0.15, 0.2) is 0 Å². The summed E-state index contributed by atoms with van der Waals surface area (Å²) in [6, 6.07) is 0. The molecular formula is C15H31O. The number of rotatable bonds is 10. The molecule has 0 saturated heterocycles. The van der Waals surface area contributed by atoms with Crippen molar-refractivity contribution in [3.63, 3.8) is 0 Å². The molecule has 1 atom stereocenters. The van der Waals surface area contributed by atoms with Gasteiger partial charge in [-0.1, -0.05) is 58.8 Å². The van der Waals surface area contributed by atoms with E-state index < -0.39 is 5.60 Å². The van der Waals surface area contributed by atoms with E-state index in [0.717, 1.165) is 12.8 Å². The Morgan fingerprint density at radius 2 is 1.31 bits per heavy atom. The Labute approximate surface area is 103 Å². The standard InChI is InChI=1S/C15H31O/c1-5-7-9-10-11-13-14(12-8-6-2)15(3,4)16/h14H,5-13H2,1-4H3. The molecule has 1 radical (unpaired) electrons. The van der Waals surface area contributed by atoms with Crippen LogP contribution in [0.1, 0.15) is 85.5 Å². The Morgan fingerprint density at radius 3 is 1.81 bits per heavy atom.